The molecule has 0 aliphatic carbocycles. The van der Waals surface area contributed by atoms with Crippen LogP contribution in [-0.4, -0.2) is 12.1 Å². The number of esters is 1. The van der Waals surface area contributed by atoms with Gasteiger partial charge in [-0.1, -0.05) is 73.6 Å². The molecule has 2 heteroatoms. The summed E-state index contributed by atoms with van der Waals surface area (Å²) in [4.78, 5) is 12.0. The molecule has 2 nitrogen and oxygen atoms in total. The normalized spacial score (nSPS) is 13.4. The fraction of sp³-hybridized carbons (Fsp3) is 0.950. The Morgan fingerprint density at radius 3 is 1.77 bits per heavy atom. The average molecular weight is 313 g/mol. The van der Waals surface area contributed by atoms with Crippen LogP contribution in [0, 0.1) is 23.7 Å². The molecule has 22 heavy (non-hydrogen) atoms. The molecule has 0 aromatic carbocycles. The predicted octanol–water partition coefficient (Wildman–Crippen LogP) is 6.23. The van der Waals surface area contributed by atoms with Crippen molar-refractivity contribution in [2.75, 3.05) is 0 Å². The zero-order valence-corrected chi connectivity index (χ0v) is 16.2. The summed E-state index contributed by atoms with van der Waals surface area (Å²) in [5.41, 5.74) is 0. The van der Waals surface area contributed by atoms with E-state index in [9.17, 15) is 4.79 Å². The lowest BCUT2D eigenvalue weighted by Crippen LogP contribution is -2.31. The number of rotatable bonds is 12. The van der Waals surface area contributed by atoms with Crippen molar-refractivity contribution in [2.24, 2.45) is 23.7 Å². The first-order chi connectivity index (χ1) is 10.3. The summed E-state index contributed by atoms with van der Waals surface area (Å²) >= 11 is 0. The number of hydrogen-bond acceptors (Lipinski definition) is 2. The first kappa shape index (κ1) is 21.5. The second-order valence-corrected chi connectivity index (χ2v) is 7.96. The molecule has 0 aromatic heterocycles. The standard InChI is InChI=1S/C20H40O2/c1-15(2)13-11-9-8-10-12-14-19(21)22-18(7)20(16(3)4)17(5)6/h15-18,20H,8-14H2,1-7H3. The molecule has 132 valence electrons. The molecular weight excluding hydrogens is 272 g/mol. The van der Waals surface area contributed by atoms with Crippen LogP contribution in [0.4, 0.5) is 0 Å². The molecule has 0 radical (unpaired) electrons. The molecule has 1 atom stereocenters. The Morgan fingerprint density at radius 2 is 1.27 bits per heavy atom. The van der Waals surface area contributed by atoms with E-state index in [1.54, 1.807) is 0 Å². The van der Waals surface area contributed by atoms with Crippen LogP contribution in [0.15, 0.2) is 0 Å². The molecule has 0 saturated heterocycles. The zero-order valence-electron chi connectivity index (χ0n) is 16.2. The Labute approximate surface area is 139 Å². The van der Waals surface area contributed by atoms with E-state index in [1.165, 1.54) is 25.7 Å². The lowest BCUT2D eigenvalue weighted by atomic mass is 9.82. The predicted molar refractivity (Wildman–Crippen MR) is 95.9 cm³/mol. The van der Waals surface area contributed by atoms with E-state index in [4.69, 9.17) is 4.74 Å². The van der Waals surface area contributed by atoms with Crippen LogP contribution in [0.5, 0.6) is 0 Å². The van der Waals surface area contributed by atoms with Gasteiger partial charge in [0.05, 0.1) is 0 Å². The molecule has 1 unspecified atom stereocenters. The monoisotopic (exact) mass is 312 g/mol. The molecule has 0 amide bonds. The second kappa shape index (κ2) is 12.0. The minimum absolute atomic E-state index is 0.0130. The van der Waals surface area contributed by atoms with E-state index in [0.29, 0.717) is 24.2 Å². The fourth-order valence-electron chi connectivity index (χ4n) is 3.55. The van der Waals surface area contributed by atoms with Crippen LogP contribution in [0.2, 0.25) is 0 Å². The van der Waals surface area contributed by atoms with E-state index < -0.39 is 0 Å². The van der Waals surface area contributed by atoms with Crippen LogP contribution in [0.25, 0.3) is 0 Å². The highest BCUT2D eigenvalue weighted by molar-refractivity contribution is 5.69. The van der Waals surface area contributed by atoms with Gasteiger partial charge in [0.2, 0.25) is 0 Å². The molecule has 0 aliphatic heterocycles. The Balaban J connectivity index is 3.80. The van der Waals surface area contributed by atoms with Crippen molar-refractivity contribution < 1.29 is 9.53 Å². The summed E-state index contributed by atoms with van der Waals surface area (Å²) in [6.07, 6.45) is 7.92. The van der Waals surface area contributed by atoms with Crippen LogP contribution in [-0.2, 0) is 9.53 Å². The van der Waals surface area contributed by atoms with Gasteiger partial charge < -0.3 is 4.74 Å². The van der Waals surface area contributed by atoms with Gasteiger partial charge in [-0.05, 0) is 31.1 Å². The lowest BCUT2D eigenvalue weighted by Gasteiger charge is -2.30. The second-order valence-electron chi connectivity index (χ2n) is 7.96. The Bertz CT molecular complexity index is 273. The van der Waals surface area contributed by atoms with Crippen molar-refractivity contribution in [3.63, 3.8) is 0 Å². The quantitative estimate of drug-likeness (QED) is 0.315. The van der Waals surface area contributed by atoms with Gasteiger partial charge in [0.1, 0.15) is 6.10 Å². The largest absolute Gasteiger partial charge is 0.462 e. The Kier molecular flexibility index (Phi) is 11.7. The smallest absolute Gasteiger partial charge is 0.306 e. The molecule has 0 bridgehead atoms. The van der Waals surface area contributed by atoms with E-state index in [0.717, 1.165) is 18.8 Å². The van der Waals surface area contributed by atoms with Crippen molar-refractivity contribution in [3.05, 3.63) is 0 Å². The number of ether oxygens (including phenoxy) is 1. The topological polar surface area (TPSA) is 26.3 Å². The summed E-state index contributed by atoms with van der Waals surface area (Å²) in [7, 11) is 0. The fourth-order valence-corrected chi connectivity index (χ4v) is 3.55. The first-order valence-corrected chi connectivity index (χ1v) is 9.45. The third-order valence-electron chi connectivity index (χ3n) is 4.56. The maximum Gasteiger partial charge on any atom is 0.306 e. The van der Waals surface area contributed by atoms with E-state index in [2.05, 4.69) is 48.5 Å². The third-order valence-corrected chi connectivity index (χ3v) is 4.56. The molecule has 0 saturated carbocycles. The minimum atomic E-state index is -0.0130. The molecule has 0 fully saturated rings. The average Bonchev–Trinajstić information content (AvgIpc) is 2.35. The maximum absolute atomic E-state index is 12.0. The van der Waals surface area contributed by atoms with Gasteiger partial charge >= 0.3 is 5.97 Å². The summed E-state index contributed by atoms with van der Waals surface area (Å²) in [5.74, 6) is 2.33. The van der Waals surface area contributed by atoms with Crippen LogP contribution in [0.1, 0.15) is 93.4 Å². The van der Waals surface area contributed by atoms with Gasteiger partial charge in [-0.15, -0.1) is 0 Å². The summed E-state index contributed by atoms with van der Waals surface area (Å²) in [6.45, 7) is 15.5. The van der Waals surface area contributed by atoms with Gasteiger partial charge in [-0.2, -0.15) is 0 Å². The van der Waals surface area contributed by atoms with E-state index >= 15 is 0 Å². The van der Waals surface area contributed by atoms with Crippen molar-refractivity contribution >= 4 is 5.97 Å². The van der Waals surface area contributed by atoms with Crippen LogP contribution in [0.3, 0.4) is 0 Å². The van der Waals surface area contributed by atoms with Crippen molar-refractivity contribution in [1.82, 2.24) is 0 Å². The Hall–Kier alpha value is -0.530. The van der Waals surface area contributed by atoms with Crippen LogP contribution < -0.4 is 0 Å². The molecule has 0 N–H and O–H groups in total. The molecule has 0 spiro atoms. The zero-order chi connectivity index (χ0) is 17.1. The number of carbonyl (C=O) groups is 1. The molecule has 0 rings (SSSR count). The van der Waals surface area contributed by atoms with Gasteiger partial charge in [0.25, 0.3) is 0 Å². The number of carbonyl (C=O) groups excluding carboxylic acids is 1. The van der Waals surface area contributed by atoms with Gasteiger partial charge in [-0.25, -0.2) is 0 Å². The summed E-state index contributed by atoms with van der Waals surface area (Å²) in [6, 6.07) is 0. The number of hydrogen-bond donors (Lipinski definition) is 0. The van der Waals surface area contributed by atoms with Crippen molar-refractivity contribution in [1.29, 1.82) is 0 Å². The Morgan fingerprint density at radius 1 is 0.773 bits per heavy atom. The maximum atomic E-state index is 12.0. The molecule has 0 aromatic rings. The van der Waals surface area contributed by atoms with Gasteiger partial charge in [-0.3, -0.25) is 4.79 Å². The third kappa shape index (κ3) is 10.2. The van der Waals surface area contributed by atoms with Crippen molar-refractivity contribution in [2.45, 2.75) is 99.5 Å². The highest BCUT2D eigenvalue weighted by Crippen LogP contribution is 2.26. The minimum Gasteiger partial charge on any atom is -0.462 e. The van der Waals surface area contributed by atoms with Gasteiger partial charge in [0.15, 0.2) is 0 Å². The number of unbranched alkanes of at least 4 members (excludes halogenated alkanes) is 4. The molecule has 0 heterocycles. The first-order valence-electron chi connectivity index (χ1n) is 9.45. The van der Waals surface area contributed by atoms with Crippen molar-refractivity contribution in [3.8, 4) is 0 Å². The highest BCUT2D eigenvalue weighted by Gasteiger charge is 2.26. The van der Waals surface area contributed by atoms with Crippen LogP contribution >= 0.6 is 0 Å². The molecule has 0 aliphatic rings. The molecular formula is C20H40O2. The van der Waals surface area contributed by atoms with E-state index in [-0.39, 0.29) is 12.1 Å². The highest BCUT2D eigenvalue weighted by atomic mass is 16.5. The van der Waals surface area contributed by atoms with Gasteiger partial charge in [0, 0.05) is 12.3 Å². The summed E-state index contributed by atoms with van der Waals surface area (Å²) < 4.78 is 5.66. The lowest BCUT2D eigenvalue weighted by molar-refractivity contribution is -0.152. The summed E-state index contributed by atoms with van der Waals surface area (Å²) in [5, 5.41) is 0. The SMILES string of the molecule is CC(C)CCCCCCCC(=O)OC(C)C(C(C)C)C(C)C. The van der Waals surface area contributed by atoms with E-state index in [1.807, 2.05) is 0 Å².